The summed E-state index contributed by atoms with van der Waals surface area (Å²) < 4.78 is 10.5. The monoisotopic (exact) mass is 390 g/mol. The molecule has 0 bridgehead atoms. The third-order valence-corrected chi connectivity index (χ3v) is 4.23. The number of nitrogens with zero attached hydrogens (tertiary/aromatic N) is 1. The average Bonchev–Trinajstić information content (AvgIpc) is 2.67. The highest BCUT2D eigenvalue weighted by molar-refractivity contribution is 6.30. The Bertz CT molecular complexity index is 771. The molecule has 0 saturated heterocycles. The summed E-state index contributed by atoms with van der Waals surface area (Å²) in [6.07, 6.45) is 0.802. The summed E-state index contributed by atoms with van der Waals surface area (Å²) in [5, 5.41) is 3.33. The molecule has 0 unspecified atom stereocenters. The van der Waals surface area contributed by atoms with Crippen molar-refractivity contribution in [1.82, 2.24) is 4.90 Å². The van der Waals surface area contributed by atoms with Crippen LogP contribution in [0.15, 0.2) is 42.5 Å². The lowest BCUT2D eigenvalue weighted by atomic mass is 10.1. The summed E-state index contributed by atoms with van der Waals surface area (Å²) in [6, 6.07) is 12.3. The molecule has 6 nitrogen and oxygen atoms in total. The highest BCUT2D eigenvalue weighted by atomic mass is 35.5. The maximum Gasteiger partial charge on any atom is 0.243 e. The Balaban J connectivity index is 1.86. The second-order valence-electron chi connectivity index (χ2n) is 6.03. The van der Waals surface area contributed by atoms with E-state index >= 15 is 0 Å². The number of anilines is 1. The first-order valence-electron chi connectivity index (χ1n) is 8.42. The molecule has 0 radical (unpaired) electrons. The van der Waals surface area contributed by atoms with Gasteiger partial charge in [-0.2, -0.15) is 0 Å². The maximum absolute atomic E-state index is 12.3. The number of benzene rings is 2. The van der Waals surface area contributed by atoms with Gasteiger partial charge in [-0.15, -0.1) is 0 Å². The molecular weight excluding hydrogens is 368 g/mol. The first kappa shape index (κ1) is 20.6. The summed E-state index contributed by atoms with van der Waals surface area (Å²) in [7, 11) is 4.77. The van der Waals surface area contributed by atoms with Crippen LogP contribution in [0.3, 0.4) is 0 Å². The van der Waals surface area contributed by atoms with Crippen molar-refractivity contribution in [3.63, 3.8) is 0 Å². The van der Waals surface area contributed by atoms with Gasteiger partial charge in [0, 0.05) is 30.2 Å². The van der Waals surface area contributed by atoms with E-state index < -0.39 is 0 Å². The Morgan fingerprint density at radius 2 is 1.63 bits per heavy atom. The van der Waals surface area contributed by atoms with Gasteiger partial charge in [-0.05, 0) is 48.4 Å². The predicted molar refractivity (Wildman–Crippen MR) is 106 cm³/mol. The SMILES string of the molecule is COc1cc(CCC(=O)N(C)CC(=O)Nc2ccc(Cl)cc2)cc(OC)c1. The van der Waals surface area contributed by atoms with Crippen LogP contribution in [0.2, 0.25) is 5.02 Å². The number of aryl methyl sites for hydroxylation is 1. The third-order valence-electron chi connectivity index (χ3n) is 3.97. The number of rotatable bonds is 8. The number of carbonyl (C=O) groups excluding carboxylic acids is 2. The fourth-order valence-corrected chi connectivity index (χ4v) is 2.62. The summed E-state index contributed by atoms with van der Waals surface area (Å²) >= 11 is 5.82. The van der Waals surface area contributed by atoms with Crippen LogP contribution in [0.1, 0.15) is 12.0 Å². The van der Waals surface area contributed by atoms with E-state index in [0.29, 0.717) is 28.6 Å². The van der Waals surface area contributed by atoms with E-state index in [-0.39, 0.29) is 24.8 Å². The Labute approximate surface area is 164 Å². The smallest absolute Gasteiger partial charge is 0.243 e. The molecule has 0 atom stereocenters. The molecular formula is C20H23ClN2O4. The molecule has 0 fully saturated rings. The van der Waals surface area contributed by atoms with Crippen molar-refractivity contribution in [2.45, 2.75) is 12.8 Å². The molecule has 27 heavy (non-hydrogen) atoms. The van der Waals surface area contributed by atoms with Crippen LogP contribution in [-0.4, -0.2) is 44.5 Å². The van der Waals surface area contributed by atoms with Crippen LogP contribution in [0.5, 0.6) is 11.5 Å². The maximum atomic E-state index is 12.3. The standard InChI is InChI=1S/C20H23ClN2O4/c1-23(13-19(24)22-16-7-5-15(21)6-8-16)20(25)9-4-14-10-17(26-2)12-18(11-14)27-3/h5-8,10-12H,4,9,13H2,1-3H3,(H,22,24). The predicted octanol–water partition coefficient (Wildman–Crippen LogP) is 3.39. The Morgan fingerprint density at radius 1 is 1.04 bits per heavy atom. The summed E-state index contributed by atoms with van der Waals surface area (Å²) in [5.74, 6) is 0.958. The number of carbonyl (C=O) groups is 2. The van der Waals surface area contributed by atoms with Gasteiger partial charge in [0.05, 0.1) is 20.8 Å². The molecule has 0 heterocycles. The van der Waals surface area contributed by atoms with Crippen LogP contribution < -0.4 is 14.8 Å². The molecule has 0 aliphatic heterocycles. The minimum Gasteiger partial charge on any atom is -0.497 e. The molecule has 2 rings (SSSR count). The zero-order chi connectivity index (χ0) is 19.8. The molecule has 2 amide bonds. The lowest BCUT2D eigenvalue weighted by Crippen LogP contribution is -2.35. The van der Waals surface area contributed by atoms with Gasteiger partial charge < -0.3 is 19.7 Å². The highest BCUT2D eigenvalue weighted by Gasteiger charge is 2.14. The zero-order valence-corrected chi connectivity index (χ0v) is 16.4. The summed E-state index contributed by atoms with van der Waals surface area (Å²) in [4.78, 5) is 25.8. The van der Waals surface area contributed by atoms with Crippen molar-refractivity contribution >= 4 is 29.1 Å². The molecule has 0 aromatic heterocycles. The minimum atomic E-state index is -0.267. The van der Waals surface area contributed by atoms with Gasteiger partial charge in [-0.25, -0.2) is 0 Å². The Kier molecular flexibility index (Phi) is 7.49. The number of likely N-dealkylation sites (N-methyl/N-ethyl adjacent to an activating group) is 1. The molecule has 2 aromatic rings. The molecule has 0 spiro atoms. The summed E-state index contributed by atoms with van der Waals surface area (Å²) in [6.45, 7) is -0.0249. The molecule has 0 aliphatic carbocycles. The molecule has 0 saturated carbocycles. The second-order valence-corrected chi connectivity index (χ2v) is 6.46. The van der Waals surface area contributed by atoms with E-state index in [0.717, 1.165) is 5.56 Å². The largest absolute Gasteiger partial charge is 0.497 e. The molecule has 144 valence electrons. The van der Waals surface area contributed by atoms with Crippen molar-refractivity contribution in [1.29, 1.82) is 0 Å². The van der Waals surface area contributed by atoms with Gasteiger partial charge in [-0.3, -0.25) is 9.59 Å². The van der Waals surface area contributed by atoms with Gasteiger partial charge >= 0.3 is 0 Å². The number of ether oxygens (including phenoxy) is 2. The number of nitrogens with one attached hydrogen (secondary N) is 1. The number of methoxy groups -OCH3 is 2. The van der Waals surface area contributed by atoms with E-state index in [9.17, 15) is 9.59 Å². The zero-order valence-electron chi connectivity index (χ0n) is 15.6. The van der Waals surface area contributed by atoms with Gasteiger partial charge in [0.2, 0.25) is 11.8 Å². The van der Waals surface area contributed by atoms with Gasteiger partial charge in [-0.1, -0.05) is 11.6 Å². The first-order chi connectivity index (χ1) is 12.9. The highest BCUT2D eigenvalue weighted by Crippen LogP contribution is 2.23. The lowest BCUT2D eigenvalue weighted by molar-refractivity contribution is -0.133. The van der Waals surface area contributed by atoms with Crippen LogP contribution in [0, 0.1) is 0 Å². The number of hydrogen-bond donors (Lipinski definition) is 1. The lowest BCUT2D eigenvalue weighted by Gasteiger charge is -2.17. The third kappa shape index (κ3) is 6.49. The van der Waals surface area contributed by atoms with Crippen LogP contribution in [-0.2, 0) is 16.0 Å². The normalized spacial score (nSPS) is 10.2. The number of amides is 2. The van der Waals surface area contributed by atoms with E-state index in [1.54, 1.807) is 51.6 Å². The fourth-order valence-electron chi connectivity index (χ4n) is 2.49. The van der Waals surface area contributed by atoms with Crippen LogP contribution in [0.4, 0.5) is 5.69 Å². The van der Waals surface area contributed by atoms with E-state index in [1.165, 1.54) is 4.90 Å². The molecule has 7 heteroatoms. The topological polar surface area (TPSA) is 67.9 Å². The first-order valence-corrected chi connectivity index (χ1v) is 8.80. The number of halogens is 1. The number of hydrogen-bond acceptors (Lipinski definition) is 4. The molecule has 0 aliphatic rings. The van der Waals surface area contributed by atoms with Gasteiger partial charge in [0.1, 0.15) is 11.5 Å². The fraction of sp³-hybridized carbons (Fsp3) is 0.300. The minimum absolute atomic E-state index is 0.0249. The van der Waals surface area contributed by atoms with Crippen molar-refractivity contribution in [3.05, 3.63) is 53.1 Å². The van der Waals surface area contributed by atoms with Crippen molar-refractivity contribution in [2.75, 3.05) is 33.1 Å². The van der Waals surface area contributed by atoms with Gasteiger partial charge in [0.25, 0.3) is 0 Å². The molecule has 1 N–H and O–H groups in total. The van der Waals surface area contributed by atoms with Crippen LogP contribution >= 0.6 is 11.6 Å². The molecule has 2 aromatic carbocycles. The van der Waals surface area contributed by atoms with Crippen LogP contribution in [0.25, 0.3) is 0 Å². The van der Waals surface area contributed by atoms with Crippen molar-refractivity contribution in [3.8, 4) is 11.5 Å². The summed E-state index contributed by atoms with van der Waals surface area (Å²) in [5.41, 5.74) is 1.56. The van der Waals surface area contributed by atoms with E-state index in [4.69, 9.17) is 21.1 Å². The average molecular weight is 391 g/mol. The van der Waals surface area contributed by atoms with Gasteiger partial charge in [0.15, 0.2) is 0 Å². The van der Waals surface area contributed by atoms with E-state index in [1.807, 2.05) is 12.1 Å². The Morgan fingerprint density at radius 3 is 2.19 bits per heavy atom. The Hall–Kier alpha value is -2.73. The van der Waals surface area contributed by atoms with E-state index in [2.05, 4.69) is 5.32 Å². The van der Waals surface area contributed by atoms with Crippen molar-refractivity contribution < 1.29 is 19.1 Å². The quantitative estimate of drug-likeness (QED) is 0.750. The van der Waals surface area contributed by atoms with Crippen molar-refractivity contribution in [2.24, 2.45) is 0 Å². The second kappa shape index (κ2) is 9.83.